The Bertz CT molecular complexity index is 570. The highest BCUT2D eigenvalue weighted by molar-refractivity contribution is 5.94. The van der Waals surface area contributed by atoms with Gasteiger partial charge in [-0.05, 0) is 62.5 Å². The van der Waals surface area contributed by atoms with Crippen molar-refractivity contribution < 1.29 is 4.79 Å². The molecule has 5 heteroatoms. The molecule has 1 aromatic rings. The zero-order chi connectivity index (χ0) is 16.9. The Balaban J connectivity index is 1.54. The van der Waals surface area contributed by atoms with Crippen LogP contribution in [0.3, 0.4) is 0 Å². The van der Waals surface area contributed by atoms with E-state index < -0.39 is 0 Å². The van der Waals surface area contributed by atoms with E-state index in [1.165, 1.54) is 0 Å². The minimum atomic E-state index is 0.186. The predicted molar refractivity (Wildman–Crippen MR) is 96.6 cm³/mol. The molecular formula is C19H28N4O. The molecule has 0 bridgehead atoms. The van der Waals surface area contributed by atoms with Gasteiger partial charge in [0.15, 0.2) is 5.96 Å². The molecular weight excluding hydrogens is 300 g/mol. The van der Waals surface area contributed by atoms with Crippen LogP contribution < -0.4 is 11.5 Å². The van der Waals surface area contributed by atoms with Crippen LogP contribution in [0.5, 0.6) is 0 Å². The van der Waals surface area contributed by atoms with Crippen LogP contribution in [0, 0.1) is 11.8 Å². The molecule has 2 saturated carbocycles. The molecule has 1 aromatic carbocycles. The summed E-state index contributed by atoms with van der Waals surface area (Å²) in [5, 5.41) is 0. The summed E-state index contributed by atoms with van der Waals surface area (Å²) in [6.45, 7) is 1.64. The molecule has 4 N–H and O–H groups in total. The van der Waals surface area contributed by atoms with Crippen molar-refractivity contribution in [2.75, 3.05) is 13.1 Å². The van der Waals surface area contributed by atoms with Crippen LogP contribution in [-0.2, 0) is 0 Å². The zero-order valence-electron chi connectivity index (χ0n) is 14.2. The third-order valence-corrected chi connectivity index (χ3v) is 5.22. The van der Waals surface area contributed by atoms with E-state index in [0.29, 0.717) is 17.9 Å². The monoisotopic (exact) mass is 328 g/mol. The van der Waals surface area contributed by atoms with Crippen molar-refractivity contribution in [1.82, 2.24) is 4.90 Å². The van der Waals surface area contributed by atoms with Crippen molar-refractivity contribution in [3.8, 4) is 0 Å². The van der Waals surface area contributed by atoms with Crippen LogP contribution in [-0.4, -0.2) is 35.9 Å². The molecule has 1 amide bonds. The number of benzene rings is 1. The molecule has 2 aliphatic carbocycles. The summed E-state index contributed by atoms with van der Waals surface area (Å²) < 4.78 is 0. The molecule has 5 nitrogen and oxygen atoms in total. The molecule has 0 aromatic heterocycles. The second-order valence-corrected chi connectivity index (χ2v) is 7.21. The Labute approximate surface area is 144 Å². The van der Waals surface area contributed by atoms with E-state index in [0.717, 1.165) is 57.2 Å². The van der Waals surface area contributed by atoms with Crippen molar-refractivity contribution in [2.24, 2.45) is 28.3 Å². The van der Waals surface area contributed by atoms with Crippen LogP contribution in [0.1, 0.15) is 48.9 Å². The third kappa shape index (κ3) is 4.49. The van der Waals surface area contributed by atoms with Gasteiger partial charge in [0.25, 0.3) is 5.91 Å². The molecule has 3 rings (SSSR count). The topological polar surface area (TPSA) is 84.7 Å². The molecule has 0 unspecified atom stereocenters. The molecule has 0 saturated heterocycles. The minimum Gasteiger partial charge on any atom is -0.370 e. The average Bonchev–Trinajstić information content (AvgIpc) is 3.44. The van der Waals surface area contributed by atoms with E-state index in [1.807, 2.05) is 30.3 Å². The maximum Gasteiger partial charge on any atom is 0.254 e. The second-order valence-electron chi connectivity index (χ2n) is 7.21. The number of nitrogens with two attached hydrogens (primary N) is 2. The summed E-state index contributed by atoms with van der Waals surface area (Å²) in [6, 6.07) is 10.1. The molecule has 130 valence electrons. The first kappa shape index (κ1) is 16.8. The van der Waals surface area contributed by atoms with Gasteiger partial charge in [-0.15, -0.1) is 0 Å². The summed E-state index contributed by atoms with van der Waals surface area (Å²) in [4.78, 5) is 19.1. The highest BCUT2D eigenvalue weighted by atomic mass is 16.2. The Morgan fingerprint density at radius 2 is 1.62 bits per heavy atom. The van der Waals surface area contributed by atoms with E-state index >= 15 is 0 Å². The van der Waals surface area contributed by atoms with Crippen molar-refractivity contribution in [1.29, 1.82) is 0 Å². The highest BCUT2D eigenvalue weighted by Gasteiger charge is 2.35. The fraction of sp³-hybridized carbons (Fsp3) is 0.579. The standard InChI is InChI=1S/C19H28N4O/c20-19(21)22-12-14-6-8-15(9-7-14)13-23(17-10-11-17)18(24)16-4-2-1-3-5-16/h1-5,14-15,17H,6-13H2,(H4,20,21,22). The quantitative estimate of drug-likeness (QED) is 0.621. The summed E-state index contributed by atoms with van der Waals surface area (Å²) >= 11 is 0. The summed E-state index contributed by atoms with van der Waals surface area (Å²) in [5.41, 5.74) is 11.6. The fourth-order valence-electron chi connectivity index (χ4n) is 3.64. The van der Waals surface area contributed by atoms with Gasteiger partial charge >= 0.3 is 0 Å². The molecule has 0 spiro atoms. The lowest BCUT2D eigenvalue weighted by Crippen LogP contribution is -2.38. The first-order valence-corrected chi connectivity index (χ1v) is 9.05. The van der Waals surface area contributed by atoms with Gasteiger partial charge in [0, 0.05) is 24.7 Å². The van der Waals surface area contributed by atoms with E-state index in [1.54, 1.807) is 0 Å². The van der Waals surface area contributed by atoms with Crippen LogP contribution in [0.15, 0.2) is 35.3 Å². The third-order valence-electron chi connectivity index (χ3n) is 5.22. The van der Waals surface area contributed by atoms with Gasteiger partial charge in [0.05, 0.1) is 0 Å². The van der Waals surface area contributed by atoms with Gasteiger partial charge in [-0.25, -0.2) is 0 Å². The summed E-state index contributed by atoms with van der Waals surface area (Å²) in [6.07, 6.45) is 6.93. The van der Waals surface area contributed by atoms with Crippen LogP contribution in [0.25, 0.3) is 0 Å². The number of hydrogen-bond donors (Lipinski definition) is 2. The SMILES string of the molecule is NC(N)=NCC1CCC(CN(C(=O)c2ccccc2)C2CC2)CC1. The van der Waals surface area contributed by atoms with Gasteiger partial charge in [-0.2, -0.15) is 0 Å². The molecule has 0 heterocycles. The lowest BCUT2D eigenvalue weighted by Gasteiger charge is -2.32. The second kappa shape index (κ2) is 7.69. The van der Waals surface area contributed by atoms with Crippen molar-refractivity contribution in [3.63, 3.8) is 0 Å². The Morgan fingerprint density at radius 3 is 2.21 bits per heavy atom. The van der Waals surface area contributed by atoms with Gasteiger partial charge in [0.2, 0.25) is 0 Å². The van der Waals surface area contributed by atoms with E-state index in [2.05, 4.69) is 9.89 Å². The lowest BCUT2D eigenvalue weighted by atomic mass is 9.81. The fourth-order valence-corrected chi connectivity index (χ4v) is 3.64. The number of guanidine groups is 1. The van der Waals surface area contributed by atoms with Gasteiger partial charge in [-0.3, -0.25) is 9.79 Å². The predicted octanol–water partition coefficient (Wildman–Crippen LogP) is 2.37. The maximum atomic E-state index is 12.8. The van der Waals surface area contributed by atoms with Gasteiger partial charge in [0.1, 0.15) is 0 Å². The van der Waals surface area contributed by atoms with Gasteiger partial charge < -0.3 is 16.4 Å². The van der Waals surface area contributed by atoms with Crippen molar-refractivity contribution in [2.45, 2.75) is 44.6 Å². The number of nitrogens with zero attached hydrogens (tertiary/aromatic N) is 2. The zero-order valence-corrected chi connectivity index (χ0v) is 14.2. The van der Waals surface area contributed by atoms with Crippen molar-refractivity contribution in [3.05, 3.63) is 35.9 Å². The van der Waals surface area contributed by atoms with Gasteiger partial charge in [-0.1, -0.05) is 18.2 Å². The van der Waals surface area contributed by atoms with Crippen LogP contribution in [0.2, 0.25) is 0 Å². The first-order valence-electron chi connectivity index (χ1n) is 9.05. The van der Waals surface area contributed by atoms with Crippen LogP contribution >= 0.6 is 0 Å². The first-order chi connectivity index (χ1) is 11.6. The minimum absolute atomic E-state index is 0.186. The van der Waals surface area contributed by atoms with Crippen LogP contribution in [0.4, 0.5) is 0 Å². The smallest absolute Gasteiger partial charge is 0.254 e. The molecule has 0 radical (unpaired) electrons. The number of hydrogen-bond acceptors (Lipinski definition) is 2. The highest BCUT2D eigenvalue weighted by Crippen LogP contribution is 2.34. The largest absolute Gasteiger partial charge is 0.370 e. The number of carbonyl (C=O) groups excluding carboxylic acids is 1. The average molecular weight is 328 g/mol. The van der Waals surface area contributed by atoms with Crippen molar-refractivity contribution >= 4 is 11.9 Å². The molecule has 2 aliphatic rings. The normalized spacial score (nSPS) is 23.5. The summed E-state index contributed by atoms with van der Waals surface area (Å²) in [5.74, 6) is 1.57. The molecule has 0 aliphatic heterocycles. The Kier molecular flexibility index (Phi) is 5.38. The molecule has 2 fully saturated rings. The maximum absolute atomic E-state index is 12.8. The number of aliphatic imine (C=N–C) groups is 1. The molecule has 0 atom stereocenters. The van der Waals surface area contributed by atoms with E-state index in [-0.39, 0.29) is 11.9 Å². The Morgan fingerprint density at radius 1 is 1.00 bits per heavy atom. The summed E-state index contributed by atoms with van der Waals surface area (Å²) in [7, 11) is 0. The van der Waals surface area contributed by atoms with E-state index in [4.69, 9.17) is 11.5 Å². The lowest BCUT2D eigenvalue weighted by molar-refractivity contribution is 0.0691. The molecule has 24 heavy (non-hydrogen) atoms. The number of amides is 1. The van der Waals surface area contributed by atoms with E-state index in [9.17, 15) is 4.79 Å². The number of carbonyl (C=O) groups is 1. The number of rotatable bonds is 6. The Hall–Kier alpha value is -2.04.